The third kappa shape index (κ3) is 3.81. The van der Waals surface area contributed by atoms with Crippen molar-refractivity contribution in [3.05, 3.63) is 23.5 Å². The molecule has 6 nitrogen and oxygen atoms in total. The molecule has 0 fully saturated rings. The lowest BCUT2D eigenvalue weighted by atomic mass is 10.2. The van der Waals surface area contributed by atoms with Gasteiger partial charge in [-0.3, -0.25) is 4.79 Å². The minimum Gasteiger partial charge on any atom is -0.444 e. The summed E-state index contributed by atoms with van der Waals surface area (Å²) in [5, 5.41) is 0. The van der Waals surface area contributed by atoms with Crippen molar-refractivity contribution in [1.82, 2.24) is 14.4 Å². The highest BCUT2D eigenvalue weighted by Crippen LogP contribution is 2.19. The first kappa shape index (κ1) is 16.4. The molecule has 2 amide bonds. The molecular weight excluding hydrogens is 282 g/mol. The van der Waals surface area contributed by atoms with E-state index in [0.717, 1.165) is 18.7 Å². The fraction of sp³-hybridized carbons (Fsp3) is 0.625. The Labute approximate surface area is 131 Å². The van der Waals surface area contributed by atoms with Crippen LogP contribution in [-0.2, 0) is 17.8 Å². The van der Waals surface area contributed by atoms with Crippen molar-refractivity contribution in [3.8, 4) is 0 Å². The quantitative estimate of drug-likeness (QED) is 0.800. The maximum atomic E-state index is 12.2. The molecule has 2 heterocycles. The van der Waals surface area contributed by atoms with E-state index in [4.69, 9.17) is 4.74 Å². The normalized spacial score (nSPS) is 15.0. The molecule has 0 aromatic carbocycles. The second kappa shape index (κ2) is 6.02. The Morgan fingerprint density at radius 2 is 1.91 bits per heavy atom. The lowest BCUT2D eigenvalue weighted by Gasteiger charge is -2.26. The van der Waals surface area contributed by atoms with E-state index < -0.39 is 5.60 Å². The number of carbonyl (C=O) groups excluding carboxylic acids is 2. The SMILES string of the molecule is CN(C)C(=O)c1cc2n(c1)CCCN(C(=O)OC(C)(C)C)C2. The molecule has 1 aromatic heterocycles. The maximum absolute atomic E-state index is 12.2. The Bertz CT molecular complexity index is 570. The fourth-order valence-electron chi connectivity index (χ4n) is 2.46. The van der Waals surface area contributed by atoms with E-state index in [0.29, 0.717) is 18.7 Å². The summed E-state index contributed by atoms with van der Waals surface area (Å²) >= 11 is 0. The van der Waals surface area contributed by atoms with Crippen molar-refractivity contribution in [1.29, 1.82) is 0 Å². The Morgan fingerprint density at radius 1 is 1.23 bits per heavy atom. The molecule has 122 valence electrons. The number of hydrogen-bond donors (Lipinski definition) is 0. The molecule has 2 rings (SSSR count). The molecule has 0 N–H and O–H groups in total. The van der Waals surface area contributed by atoms with Crippen LogP contribution in [0.4, 0.5) is 4.79 Å². The molecule has 1 aromatic rings. The second-order valence-corrected chi connectivity index (χ2v) is 6.87. The van der Waals surface area contributed by atoms with Crippen LogP contribution in [0.5, 0.6) is 0 Å². The molecule has 1 aliphatic rings. The van der Waals surface area contributed by atoms with Crippen LogP contribution in [0.25, 0.3) is 0 Å². The van der Waals surface area contributed by atoms with Crippen molar-refractivity contribution in [2.45, 2.75) is 45.9 Å². The average Bonchev–Trinajstić information content (AvgIpc) is 2.67. The molecule has 0 radical (unpaired) electrons. The van der Waals surface area contributed by atoms with Crippen molar-refractivity contribution < 1.29 is 14.3 Å². The summed E-state index contributed by atoms with van der Waals surface area (Å²) in [5.41, 5.74) is 1.12. The number of carbonyl (C=O) groups is 2. The second-order valence-electron chi connectivity index (χ2n) is 6.87. The van der Waals surface area contributed by atoms with Gasteiger partial charge < -0.3 is 19.1 Å². The summed E-state index contributed by atoms with van der Waals surface area (Å²) in [6.45, 7) is 7.51. The van der Waals surface area contributed by atoms with E-state index >= 15 is 0 Å². The smallest absolute Gasteiger partial charge is 0.410 e. The minimum atomic E-state index is -0.503. The third-order valence-electron chi connectivity index (χ3n) is 3.47. The molecule has 0 aliphatic carbocycles. The lowest BCUT2D eigenvalue weighted by molar-refractivity contribution is 0.0236. The first-order valence-corrected chi connectivity index (χ1v) is 7.56. The zero-order valence-corrected chi connectivity index (χ0v) is 14.0. The van der Waals surface area contributed by atoms with Gasteiger partial charge in [-0.2, -0.15) is 0 Å². The van der Waals surface area contributed by atoms with E-state index in [1.807, 2.05) is 33.0 Å². The van der Waals surface area contributed by atoms with E-state index in [9.17, 15) is 9.59 Å². The molecule has 22 heavy (non-hydrogen) atoms. The van der Waals surface area contributed by atoms with Gasteiger partial charge in [-0.15, -0.1) is 0 Å². The Hall–Kier alpha value is -1.98. The topological polar surface area (TPSA) is 54.8 Å². The van der Waals surface area contributed by atoms with Crippen LogP contribution in [0.1, 0.15) is 43.2 Å². The van der Waals surface area contributed by atoms with E-state index in [2.05, 4.69) is 4.57 Å². The van der Waals surface area contributed by atoms with Crippen molar-refractivity contribution in [2.24, 2.45) is 0 Å². The molecular formula is C16H25N3O3. The zero-order valence-electron chi connectivity index (χ0n) is 14.0. The zero-order chi connectivity index (χ0) is 16.5. The Morgan fingerprint density at radius 3 is 2.50 bits per heavy atom. The van der Waals surface area contributed by atoms with E-state index in [1.54, 1.807) is 23.9 Å². The number of aryl methyl sites for hydroxylation is 1. The molecule has 0 spiro atoms. The summed E-state index contributed by atoms with van der Waals surface area (Å²) in [4.78, 5) is 27.6. The predicted octanol–water partition coefficient (Wildman–Crippen LogP) is 2.33. The number of hydrogen-bond acceptors (Lipinski definition) is 3. The highest BCUT2D eigenvalue weighted by Gasteiger charge is 2.25. The molecule has 1 aliphatic heterocycles. The molecule has 0 saturated carbocycles. The van der Waals surface area contributed by atoms with Gasteiger partial charge in [0.25, 0.3) is 5.91 Å². The van der Waals surface area contributed by atoms with Gasteiger partial charge in [-0.05, 0) is 33.3 Å². The first-order chi connectivity index (χ1) is 10.2. The molecule has 0 atom stereocenters. The monoisotopic (exact) mass is 307 g/mol. The largest absolute Gasteiger partial charge is 0.444 e. The number of rotatable bonds is 1. The van der Waals surface area contributed by atoms with Crippen LogP contribution in [-0.4, -0.2) is 52.6 Å². The van der Waals surface area contributed by atoms with Crippen molar-refractivity contribution in [2.75, 3.05) is 20.6 Å². The highest BCUT2D eigenvalue weighted by molar-refractivity contribution is 5.94. The van der Waals surface area contributed by atoms with Crippen LogP contribution in [0.3, 0.4) is 0 Å². The number of aromatic nitrogens is 1. The molecule has 0 bridgehead atoms. The number of nitrogens with zero attached hydrogens (tertiary/aromatic N) is 3. The Balaban J connectivity index is 2.16. The summed E-state index contributed by atoms with van der Waals surface area (Å²) < 4.78 is 7.50. The highest BCUT2D eigenvalue weighted by atomic mass is 16.6. The summed E-state index contributed by atoms with van der Waals surface area (Å²) in [6.07, 6.45) is 2.41. The molecule has 0 unspecified atom stereocenters. The van der Waals surface area contributed by atoms with Crippen LogP contribution in [0.2, 0.25) is 0 Å². The fourth-order valence-corrected chi connectivity index (χ4v) is 2.46. The van der Waals surface area contributed by atoms with Gasteiger partial charge in [-0.25, -0.2) is 4.79 Å². The van der Waals surface area contributed by atoms with E-state index in [-0.39, 0.29) is 12.0 Å². The lowest BCUT2D eigenvalue weighted by Crippen LogP contribution is -2.36. The van der Waals surface area contributed by atoms with Crippen molar-refractivity contribution >= 4 is 12.0 Å². The average molecular weight is 307 g/mol. The predicted molar refractivity (Wildman–Crippen MR) is 83.7 cm³/mol. The Kier molecular flexibility index (Phi) is 4.49. The van der Waals surface area contributed by atoms with Gasteiger partial charge in [0.05, 0.1) is 12.1 Å². The van der Waals surface area contributed by atoms with Gasteiger partial charge in [0.1, 0.15) is 5.60 Å². The van der Waals surface area contributed by atoms with E-state index in [1.165, 1.54) is 0 Å². The van der Waals surface area contributed by atoms with Gasteiger partial charge in [-0.1, -0.05) is 0 Å². The number of ether oxygens (including phenoxy) is 1. The number of fused-ring (bicyclic) bond motifs is 1. The van der Waals surface area contributed by atoms with Crippen LogP contribution in [0.15, 0.2) is 12.3 Å². The minimum absolute atomic E-state index is 0.0237. The van der Waals surface area contributed by atoms with Gasteiger partial charge in [0.2, 0.25) is 0 Å². The van der Waals surface area contributed by atoms with Crippen LogP contribution in [0, 0.1) is 0 Å². The first-order valence-electron chi connectivity index (χ1n) is 7.56. The van der Waals surface area contributed by atoms with Crippen LogP contribution < -0.4 is 0 Å². The van der Waals surface area contributed by atoms with Gasteiger partial charge >= 0.3 is 6.09 Å². The van der Waals surface area contributed by atoms with Crippen molar-refractivity contribution in [3.63, 3.8) is 0 Å². The van der Waals surface area contributed by atoms with Gasteiger partial charge in [0, 0.05) is 39.1 Å². The summed E-state index contributed by atoms with van der Waals surface area (Å²) in [5.74, 6) is -0.0237. The van der Waals surface area contributed by atoms with Gasteiger partial charge in [0.15, 0.2) is 0 Å². The summed E-state index contributed by atoms with van der Waals surface area (Å²) in [7, 11) is 3.47. The number of amides is 2. The third-order valence-corrected chi connectivity index (χ3v) is 3.47. The van der Waals surface area contributed by atoms with Crippen LogP contribution >= 0.6 is 0 Å². The molecule has 0 saturated heterocycles. The standard InChI is InChI=1S/C16H25N3O3/c1-16(2,3)22-15(21)19-8-6-7-18-10-12(9-13(18)11-19)14(20)17(4)5/h9-10H,6-8,11H2,1-5H3. The molecule has 6 heteroatoms. The maximum Gasteiger partial charge on any atom is 0.410 e. The summed E-state index contributed by atoms with van der Waals surface area (Å²) in [6, 6.07) is 1.87.